The van der Waals surface area contributed by atoms with Crippen molar-refractivity contribution >= 4 is 11.6 Å². The maximum atomic E-state index is 11.3. The third-order valence-corrected chi connectivity index (χ3v) is 3.09. The van der Waals surface area contributed by atoms with Gasteiger partial charge in [0, 0.05) is 0 Å². The van der Waals surface area contributed by atoms with Gasteiger partial charge in [0.15, 0.2) is 5.75 Å². The monoisotopic (exact) mass is 270 g/mol. The van der Waals surface area contributed by atoms with Crippen LogP contribution in [0.25, 0.3) is 0 Å². The number of nitrogens with two attached hydrogens (primary N) is 2. The van der Waals surface area contributed by atoms with E-state index in [9.17, 15) is 4.79 Å². The van der Waals surface area contributed by atoms with E-state index in [2.05, 4.69) is 13.8 Å². The van der Waals surface area contributed by atoms with Gasteiger partial charge < -0.3 is 16.2 Å². The normalized spacial score (nSPS) is 10.6. The SMILES string of the molecule is CC(C)c1ccccc1Oc1cccc(C(N)=O)c1N. The van der Waals surface area contributed by atoms with Gasteiger partial charge in [0.1, 0.15) is 5.75 Å². The number of amides is 1. The fraction of sp³-hybridized carbons (Fsp3) is 0.188. The van der Waals surface area contributed by atoms with Crippen LogP contribution in [0, 0.1) is 0 Å². The molecular weight excluding hydrogens is 252 g/mol. The van der Waals surface area contributed by atoms with Crippen molar-refractivity contribution in [1.82, 2.24) is 0 Å². The van der Waals surface area contributed by atoms with Crippen molar-refractivity contribution in [3.8, 4) is 11.5 Å². The molecule has 0 aromatic heterocycles. The predicted octanol–water partition coefficient (Wildman–Crippen LogP) is 3.28. The summed E-state index contributed by atoms with van der Waals surface area (Å²) in [7, 11) is 0. The first-order chi connectivity index (χ1) is 9.50. The molecule has 104 valence electrons. The number of hydrogen-bond acceptors (Lipinski definition) is 3. The molecule has 4 nitrogen and oxygen atoms in total. The Hall–Kier alpha value is -2.49. The number of primary amides is 1. The third-order valence-electron chi connectivity index (χ3n) is 3.09. The van der Waals surface area contributed by atoms with Crippen LogP contribution in [-0.4, -0.2) is 5.91 Å². The minimum atomic E-state index is -0.565. The van der Waals surface area contributed by atoms with Crippen molar-refractivity contribution in [3.63, 3.8) is 0 Å². The van der Waals surface area contributed by atoms with Crippen LogP contribution in [0.2, 0.25) is 0 Å². The van der Waals surface area contributed by atoms with Gasteiger partial charge in [0.25, 0.3) is 5.91 Å². The molecule has 0 heterocycles. The molecule has 2 aromatic rings. The molecule has 2 aromatic carbocycles. The largest absolute Gasteiger partial charge is 0.455 e. The minimum Gasteiger partial charge on any atom is -0.455 e. The molecule has 0 radical (unpaired) electrons. The van der Waals surface area contributed by atoms with Gasteiger partial charge in [0.05, 0.1) is 11.3 Å². The molecule has 0 fully saturated rings. The van der Waals surface area contributed by atoms with E-state index in [0.717, 1.165) is 11.3 Å². The Labute approximate surface area is 118 Å². The van der Waals surface area contributed by atoms with E-state index < -0.39 is 5.91 Å². The molecule has 0 spiro atoms. The smallest absolute Gasteiger partial charge is 0.250 e. The predicted molar refractivity (Wildman–Crippen MR) is 80.0 cm³/mol. The lowest BCUT2D eigenvalue weighted by molar-refractivity contribution is 0.100. The molecular formula is C16H18N2O2. The van der Waals surface area contributed by atoms with Gasteiger partial charge in [-0.2, -0.15) is 0 Å². The van der Waals surface area contributed by atoms with Crippen molar-refractivity contribution in [1.29, 1.82) is 0 Å². The zero-order valence-electron chi connectivity index (χ0n) is 11.6. The molecule has 0 aliphatic rings. The van der Waals surface area contributed by atoms with Crippen molar-refractivity contribution in [2.24, 2.45) is 5.73 Å². The average Bonchev–Trinajstić information content (AvgIpc) is 2.41. The Morgan fingerprint density at radius 2 is 1.70 bits per heavy atom. The van der Waals surface area contributed by atoms with Crippen LogP contribution in [-0.2, 0) is 0 Å². The van der Waals surface area contributed by atoms with E-state index in [1.54, 1.807) is 18.2 Å². The van der Waals surface area contributed by atoms with Gasteiger partial charge in [-0.05, 0) is 29.7 Å². The second-order valence-electron chi connectivity index (χ2n) is 4.88. The first-order valence-electron chi connectivity index (χ1n) is 6.45. The van der Waals surface area contributed by atoms with Crippen molar-refractivity contribution in [2.45, 2.75) is 19.8 Å². The van der Waals surface area contributed by atoms with E-state index in [1.807, 2.05) is 24.3 Å². The number of rotatable bonds is 4. The highest BCUT2D eigenvalue weighted by Gasteiger charge is 2.13. The van der Waals surface area contributed by atoms with Crippen LogP contribution in [0.15, 0.2) is 42.5 Å². The van der Waals surface area contributed by atoms with Gasteiger partial charge in [-0.1, -0.05) is 38.1 Å². The van der Waals surface area contributed by atoms with E-state index in [-0.39, 0.29) is 11.3 Å². The first-order valence-corrected chi connectivity index (χ1v) is 6.45. The molecule has 0 aliphatic heterocycles. The summed E-state index contributed by atoms with van der Waals surface area (Å²) in [5, 5.41) is 0. The van der Waals surface area contributed by atoms with Crippen molar-refractivity contribution < 1.29 is 9.53 Å². The lowest BCUT2D eigenvalue weighted by Crippen LogP contribution is -2.13. The van der Waals surface area contributed by atoms with Crippen molar-refractivity contribution in [2.75, 3.05) is 5.73 Å². The highest BCUT2D eigenvalue weighted by molar-refractivity contribution is 5.99. The molecule has 20 heavy (non-hydrogen) atoms. The summed E-state index contributed by atoms with van der Waals surface area (Å²) in [6.07, 6.45) is 0. The fourth-order valence-corrected chi connectivity index (χ4v) is 2.02. The van der Waals surface area contributed by atoms with Crippen LogP contribution in [0.3, 0.4) is 0 Å². The van der Waals surface area contributed by atoms with Gasteiger partial charge in [-0.15, -0.1) is 0 Å². The summed E-state index contributed by atoms with van der Waals surface area (Å²) in [6, 6.07) is 12.8. The second-order valence-corrected chi connectivity index (χ2v) is 4.88. The van der Waals surface area contributed by atoms with Crippen LogP contribution < -0.4 is 16.2 Å². The molecule has 0 saturated heterocycles. The summed E-state index contributed by atoms with van der Waals surface area (Å²) in [5.41, 5.74) is 12.8. The average molecular weight is 270 g/mol. The van der Waals surface area contributed by atoms with E-state index in [1.165, 1.54) is 0 Å². The lowest BCUT2D eigenvalue weighted by Gasteiger charge is -2.15. The van der Waals surface area contributed by atoms with Gasteiger partial charge in [0.2, 0.25) is 0 Å². The van der Waals surface area contributed by atoms with Gasteiger partial charge in [-0.25, -0.2) is 0 Å². The Kier molecular flexibility index (Phi) is 3.94. The van der Waals surface area contributed by atoms with Crippen LogP contribution in [0.1, 0.15) is 35.7 Å². The topological polar surface area (TPSA) is 78.3 Å². The fourth-order valence-electron chi connectivity index (χ4n) is 2.02. The highest BCUT2D eigenvalue weighted by Crippen LogP contribution is 2.34. The molecule has 4 N–H and O–H groups in total. The molecule has 4 heteroatoms. The lowest BCUT2D eigenvalue weighted by atomic mass is 10.0. The van der Waals surface area contributed by atoms with E-state index in [0.29, 0.717) is 11.7 Å². The molecule has 2 rings (SSSR count). The summed E-state index contributed by atoms with van der Waals surface area (Å²) in [4.78, 5) is 11.3. The van der Waals surface area contributed by atoms with Crippen LogP contribution in [0.4, 0.5) is 5.69 Å². The maximum absolute atomic E-state index is 11.3. The molecule has 0 saturated carbocycles. The number of carbonyl (C=O) groups is 1. The molecule has 0 aliphatic carbocycles. The molecule has 0 unspecified atom stereocenters. The summed E-state index contributed by atoms with van der Waals surface area (Å²) in [6.45, 7) is 4.18. The highest BCUT2D eigenvalue weighted by atomic mass is 16.5. The summed E-state index contributed by atoms with van der Waals surface area (Å²) in [5.74, 6) is 0.932. The number of benzene rings is 2. The van der Waals surface area contributed by atoms with Gasteiger partial charge in [-0.3, -0.25) is 4.79 Å². The quantitative estimate of drug-likeness (QED) is 0.837. The number of para-hydroxylation sites is 2. The standard InChI is InChI=1S/C16H18N2O2/c1-10(2)11-6-3-4-8-13(11)20-14-9-5-7-12(15(14)17)16(18)19/h3-10H,17H2,1-2H3,(H2,18,19). The molecule has 0 atom stereocenters. The number of hydrogen-bond donors (Lipinski definition) is 2. The van der Waals surface area contributed by atoms with Crippen LogP contribution in [0.5, 0.6) is 11.5 Å². The van der Waals surface area contributed by atoms with Crippen molar-refractivity contribution in [3.05, 3.63) is 53.6 Å². The Morgan fingerprint density at radius 1 is 1.05 bits per heavy atom. The first kappa shape index (κ1) is 13.9. The second kappa shape index (κ2) is 5.65. The Balaban J connectivity index is 2.41. The summed E-state index contributed by atoms with van der Waals surface area (Å²) >= 11 is 0. The number of nitrogen functional groups attached to an aromatic ring is 1. The van der Waals surface area contributed by atoms with E-state index >= 15 is 0 Å². The number of ether oxygens (including phenoxy) is 1. The van der Waals surface area contributed by atoms with Gasteiger partial charge >= 0.3 is 0 Å². The Bertz CT molecular complexity index is 636. The minimum absolute atomic E-state index is 0.263. The molecule has 0 bridgehead atoms. The number of anilines is 1. The molecule has 1 amide bonds. The zero-order valence-corrected chi connectivity index (χ0v) is 11.6. The number of carbonyl (C=O) groups excluding carboxylic acids is 1. The third kappa shape index (κ3) is 2.74. The maximum Gasteiger partial charge on any atom is 0.250 e. The van der Waals surface area contributed by atoms with E-state index in [4.69, 9.17) is 16.2 Å². The zero-order chi connectivity index (χ0) is 14.7. The summed E-state index contributed by atoms with van der Waals surface area (Å²) < 4.78 is 5.86. The van der Waals surface area contributed by atoms with Crippen LogP contribution >= 0.6 is 0 Å². The Morgan fingerprint density at radius 3 is 2.35 bits per heavy atom.